The zero-order chi connectivity index (χ0) is 17.1. The van der Waals surface area contributed by atoms with Crippen LogP contribution in [-0.4, -0.2) is 16.8 Å². The fourth-order valence-corrected chi connectivity index (χ4v) is 3.77. The summed E-state index contributed by atoms with van der Waals surface area (Å²) in [4.78, 5) is 29.2. The van der Waals surface area contributed by atoms with Gasteiger partial charge in [-0.1, -0.05) is 0 Å². The Bertz CT molecular complexity index is 865. The maximum absolute atomic E-state index is 12.3. The molecule has 0 saturated carbocycles. The van der Waals surface area contributed by atoms with E-state index in [1.807, 2.05) is 19.2 Å². The van der Waals surface area contributed by atoms with E-state index in [0.717, 1.165) is 16.3 Å². The van der Waals surface area contributed by atoms with E-state index in [9.17, 15) is 9.59 Å². The third kappa shape index (κ3) is 3.72. The van der Waals surface area contributed by atoms with Gasteiger partial charge in [0.05, 0.1) is 22.7 Å². The molecule has 0 aliphatic carbocycles. The molecule has 8 heteroatoms. The summed E-state index contributed by atoms with van der Waals surface area (Å²) in [5.74, 6) is -0.290. The van der Waals surface area contributed by atoms with Crippen LogP contribution in [0.25, 0.3) is 0 Å². The predicted octanol–water partition coefficient (Wildman–Crippen LogP) is 3.60. The minimum Gasteiger partial charge on any atom is -0.459 e. The summed E-state index contributed by atoms with van der Waals surface area (Å²) in [6.07, 6.45) is 1.44. The highest BCUT2D eigenvalue weighted by Gasteiger charge is 2.16. The van der Waals surface area contributed by atoms with Gasteiger partial charge in [-0.2, -0.15) is 0 Å². The van der Waals surface area contributed by atoms with Crippen LogP contribution in [0.2, 0.25) is 0 Å². The number of rotatable bonds is 5. The van der Waals surface area contributed by atoms with Gasteiger partial charge in [-0.15, -0.1) is 22.7 Å². The Labute approximate surface area is 146 Å². The molecule has 2 amide bonds. The van der Waals surface area contributed by atoms with Crippen LogP contribution in [0.5, 0.6) is 0 Å². The van der Waals surface area contributed by atoms with Gasteiger partial charge >= 0.3 is 0 Å². The normalized spacial score (nSPS) is 10.6. The average Bonchev–Trinajstić information content (AvgIpc) is 3.26. The molecule has 0 atom stereocenters. The third-order valence-corrected chi connectivity index (χ3v) is 5.29. The van der Waals surface area contributed by atoms with E-state index in [0.29, 0.717) is 16.4 Å². The highest BCUT2D eigenvalue weighted by atomic mass is 32.1. The summed E-state index contributed by atoms with van der Waals surface area (Å²) < 4.78 is 5.05. The number of anilines is 1. The Morgan fingerprint density at radius 2 is 2.12 bits per heavy atom. The number of amides is 2. The topological polar surface area (TPSA) is 84.2 Å². The molecule has 0 fully saturated rings. The molecule has 0 spiro atoms. The lowest BCUT2D eigenvalue weighted by atomic mass is 10.3. The second-order valence-corrected chi connectivity index (χ2v) is 7.11. The van der Waals surface area contributed by atoms with Gasteiger partial charge in [-0.25, -0.2) is 4.98 Å². The molecule has 0 saturated heterocycles. The van der Waals surface area contributed by atoms with Crippen molar-refractivity contribution in [3.05, 3.63) is 56.7 Å². The second-order valence-electron chi connectivity index (χ2n) is 5.12. The monoisotopic (exact) mass is 361 g/mol. The zero-order valence-corrected chi connectivity index (χ0v) is 14.7. The van der Waals surface area contributed by atoms with Gasteiger partial charge in [-0.3, -0.25) is 9.59 Å². The lowest BCUT2D eigenvalue weighted by molar-refractivity contribution is 0.0953. The summed E-state index contributed by atoms with van der Waals surface area (Å²) in [7, 11) is 0. The molecule has 0 aliphatic heterocycles. The van der Waals surface area contributed by atoms with Crippen molar-refractivity contribution in [2.24, 2.45) is 0 Å². The van der Waals surface area contributed by atoms with Crippen LogP contribution in [-0.2, 0) is 6.54 Å². The summed E-state index contributed by atoms with van der Waals surface area (Å²) in [6, 6.07) is 5.00. The Hall–Kier alpha value is -2.45. The number of hydrogen-bond acceptors (Lipinski definition) is 6. The summed E-state index contributed by atoms with van der Waals surface area (Å²) in [6.45, 7) is 4.14. The van der Waals surface area contributed by atoms with Crippen LogP contribution in [0, 0.1) is 13.8 Å². The Balaban J connectivity index is 1.64. The Morgan fingerprint density at radius 3 is 2.79 bits per heavy atom. The average molecular weight is 361 g/mol. The summed E-state index contributed by atoms with van der Waals surface area (Å²) in [5.41, 5.74) is 1.75. The molecule has 2 N–H and O–H groups in total. The number of hydrogen-bond donors (Lipinski definition) is 2. The smallest absolute Gasteiger partial charge is 0.291 e. The largest absolute Gasteiger partial charge is 0.459 e. The Kier molecular flexibility index (Phi) is 4.77. The molecular formula is C16H15N3O3S2. The van der Waals surface area contributed by atoms with Gasteiger partial charge in [0.1, 0.15) is 5.01 Å². The first-order valence-electron chi connectivity index (χ1n) is 7.17. The van der Waals surface area contributed by atoms with Crippen molar-refractivity contribution in [3.8, 4) is 0 Å². The number of thiophene rings is 1. The lowest BCUT2D eigenvalue weighted by Crippen LogP contribution is -2.22. The van der Waals surface area contributed by atoms with Crippen molar-refractivity contribution in [1.82, 2.24) is 10.3 Å². The fourth-order valence-electron chi connectivity index (χ4n) is 2.07. The van der Waals surface area contributed by atoms with E-state index in [2.05, 4.69) is 15.6 Å². The number of carbonyl (C=O) groups is 2. The first-order valence-corrected chi connectivity index (χ1v) is 8.87. The van der Waals surface area contributed by atoms with Gasteiger partial charge in [0.2, 0.25) is 0 Å². The molecule has 3 heterocycles. The molecule has 24 heavy (non-hydrogen) atoms. The number of aromatic nitrogens is 1. The van der Waals surface area contributed by atoms with E-state index in [1.54, 1.807) is 18.2 Å². The summed E-state index contributed by atoms with van der Waals surface area (Å²) in [5, 5.41) is 8.99. The number of nitrogens with zero attached hydrogens (tertiary/aromatic N) is 1. The van der Waals surface area contributed by atoms with Crippen LogP contribution in [0.3, 0.4) is 0 Å². The molecule has 3 rings (SSSR count). The maximum atomic E-state index is 12.3. The highest BCUT2D eigenvalue weighted by molar-refractivity contribution is 7.18. The minimum atomic E-state index is -0.341. The van der Waals surface area contributed by atoms with Crippen LogP contribution in [0.4, 0.5) is 5.00 Å². The van der Waals surface area contributed by atoms with E-state index >= 15 is 0 Å². The van der Waals surface area contributed by atoms with E-state index in [1.165, 1.54) is 28.9 Å². The standard InChI is InChI=1S/C16H15N3O3S2/c1-9-6-12(19-15(20)11-4-3-5-22-11)24-14(9)16(21)17-7-13-18-10(2)8-23-13/h3-6,8H,7H2,1-2H3,(H,17,21)(H,19,20). The molecule has 124 valence electrons. The number of thiazole rings is 1. The second kappa shape index (κ2) is 6.98. The predicted molar refractivity (Wildman–Crippen MR) is 93.7 cm³/mol. The molecule has 0 radical (unpaired) electrons. The van der Waals surface area contributed by atoms with Crippen molar-refractivity contribution in [2.45, 2.75) is 20.4 Å². The number of aryl methyl sites for hydroxylation is 2. The summed E-state index contributed by atoms with van der Waals surface area (Å²) >= 11 is 2.74. The number of furan rings is 1. The molecule has 0 bridgehead atoms. The lowest BCUT2D eigenvalue weighted by Gasteiger charge is -2.02. The van der Waals surface area contributed by atoms with Gasteiger partial charge in [0, 0.05) is 11.1 Å². The third-order valence-electron chi connectivity index (χ3n) is 3.17. The molecule has 0 aliphatic rings. The van der Waals surface area contributed by atoms with E-state index in [4.69, 9.17) is 4.42 Å². The molecule has 0 unspecified atom stereocenters. The minimum absolute atomic E-state index is 0.177. The number of carbonyl (C=O) groups excluding carboxylic acids is 2. The fraction of sp³-hybridized carbons (Fsp3) is 0.188. The molecule has 6 nitrogen and oxygen atoms in total. The van der Waals surface area contributed by atoms with Crippen LogP contribution in [0.1, 0.15) is 36.5 Å². The van der Waals surface area contributed by atoms with Crippen LogP contribution >= 0.6 is 22.7 Å². The van der Waals surface area contributed by atoms with Crippen molar-refractivity contribution in [3.63, 3.8) is 0 Å². The van der Waals surface area contributed by atoms with Crippen LogP contribution in [0.15, 0.2) is 34.3 Å². The molecule has 0 aromatic carbocycles. The van der Waals surface area contributed by atoms with Gasteiger partial charge < -0.3 is 15.1 Å². The molecular weight excluding hydrogens is 346 g/mol. The van der Waals surface area contributed by atoms with Crippen molar-refractivity contribution in [1.29, 1.82) is 0 Å². The molecule has 3 aromatic heterocycles. The quantitative estimate of drug-likeness (QED) is 0.727. The SMILES string of the molecule is Cc1csc(CNC(=O)c2sc(NC(=O)c3ccco3)cc2C)n1. The molecule has 3 aromatic rings. The van der Waals surface area contributed by atoms with Crippen molar-refractivity contribution >= 4 is 39.5 Å². The Morgan fingerprint density at radius 1 is 1.29 bits per heavy atom. The zero-order valence-electron chi connectivity index (χ0n) is 13.1. The van der Waals surface area contributed by atoms with Gasteiger partial charge in [-0.05, 0) is 37.6 Å². The highest BCUT2D eigenvalue weighted by Crippen LogP contribution is 2.27. The first kappa shape index (κ1) is 16.4. The van der Waals surface area contributed by atoms with E-state index in [-0.39, 0.29) is 17.6 Å². The first-order chi connectivity index (χ1) is 11.5. The van der Waals surface area contributed by atoms with Crippen molar-refractivity contribution < 1.29 is 14.0 Å². The van der Waals surface area contributed by atoms with Crippen molar-refractivity contribution in [2.75, 3.05) is 5.32 Å². The van der Waals surface area contributed by atoms with Gasteiger partial charge in [0.15, 0.2) is 5.76 Å². The maximum Gasteiger partial charge on any atom is 0.291 e. The number of nitrogens with one attached hydrogen (secondary N) is 2. The van der Waals surface area contributed by atoms with Gasteiger partial charge in [0.25, 0.3) is 11.8 Å². The van der Waals surface area contributed by atoms with E-state index < -0.39 is 0 Å². The van der Waals surface area contributed by atoms with Crippen LogP contribution < -0.4 is 10.6 Å².